The number of nitriles is 1. The standard InChI is InChI=1S/C14H18N2O3S/c1-16(9-14-5-6-19-10-14)20(17,18)11-13-4-2-3-12(7-13)8-15/h2-4,7,14H,5-6,9-11H2,1H3/t14-/m0/s1. The van der Waals surface area contributed by atoms with Crippen molar-refractivity contribution < 1.29 is 13.2 Å². The molecule has 0 aliphatic carbocycles. The van der Waals surface area contributed by atoms with E-state index in [1.807, 2.05) is 6.07 Å². The molecule has 0 radical (unpaired) electrons. The lowest BCUT2D eigenvalue weighted by Crippen LogP contribution is -2.33. The molecule has 1 heterocycles. The van der Waals surface area contributed by atoms with E-state index in [2.05, 4.69) is 0 Å². The van der Waals surface area contributed by atoms with Crippen molar-refractivity contribution in [3.63, 3.8) is 0 Å². The molecule has 1 fully saturated rings. The SMILES string of the molecule is CN(C[C@@H]1CCOC1)S(=O)(=O)Cc1cccc(C#N)c1. The maximum absolute atomic E-state index is 12.3. The van der Waals surface area contributed by atoms with Crippen LogP contribution in [0.15, 0.2) is 24.3 Å². The first-order valence-electron chi connectivity index (χ1n) is 6.52. The molecule has 1 atom stereocenters. The molecule has 108 valence electrons. The van der Waals surface area contributed by atoms with Crippen molar-refractivity contribution in [1.29, 1.82) is 5.26 Å². The first-order valence-corrected chi connectivity index (χ1v) is 8.13. The Kier molecular flexibility index (Phi) is 4.76. The van der Waals surface area contributed by atoms with Crippen molar-refractivity contribution in [2.75, 3.05) is 26.8 Å². The molecule has 0 aromatic heterocycles. The van der Waals surface area contributed by atoms with Crippen LogP contribution in [-0.2, 0) is 20.5 Å². The third-order valence-corrected chi connectivity index (χ3v) is 5.22. The maximum Gasteiger partial charge on any atom is 0.218 e. The van der Waals surface area contributed by atoms with Crippen LogP contribution < -0.4 is 0 Å². The van der Waals surface area contributed by atoms with Gasteiger partial charge in [0.15, 0.2) is 0 Å². The largest absolute Gasteiger partial charge is 0.381 e. The Bertz CT molecular complexity index is 601. The highest BCUT2D eigenvalue weighted by molar-refractivity contribution is 7.88. The van der Waals surface area contributed by atoms with Gasteiger partial charge in [-0.15, -0.1) is 0 Å². The van der Waals surface area contributed by atoms with Crippen LogP contribution in [0.2, 0.25) is 0 Å². The van der Waals surface area contributed by atoms with Crippen molar-refractivity contribution in [1.82, 2.24) is 4.31 Å². The molecule has 0 bridgehead atoms. The molecular formula is C14H18N2O3S. The van der Waals surface area contributed by atoms with E-state index in [1.165, 1.54) is 4.31 Å². The van der Waals surface area contributed by atoms with Crippen LogP contribution in [0.1, 0.15) is 17.5 Å². The van der Waals surface area contributed by atoms with Crippen molar-refractivity contribution in [3.05, 3.63) is 35.4 Å². The van der Waals surface area contributed by atoms with E-state index in [0.29, 0.717) is 30.9 Å². The van der Waals surface area contributed by atoms with Crippen molar-refractivity contribution in [3.8, 4) is 6.07 Å². The normalized spacial score (nSPS) is 19.1. The van der Waals surface area contributed by atoms with E-state index in [1.54, 1.807) is 31.3 Å². The van der Waals surface area contributed by atoms with E-state index < -0.39 is 10.0 Å². The molecule has 0 saturated carbocycles. The topological polar surface area (TPSA) is 70.4 Å². The first-order chi connectivity index (χ1) is 9.51. The lowest BCUT2D eigenvalue weighted by atomic mass is 10.1. The minimum Gasteiger partial charge on any atom is -0.381 e. The summed E-state index contributed by atoms with van der Waals surface area (Å²) in [5, 5.41) is 8.84. The molecule has 1 aromatic carbocycles. The second-order valence-corrected chi connectivity index (χ2v) is 7.15. The van der Waals surface area contributed by atoms with Gasteiger partial charge in [0, 0.05) is 20.2 Å². The second kappa shape index (κ2) is 6.35. The van der Waals surface area contributed by atoms with Crippen LogP contribution >= 0.6 is 0 Å². The quantitative estimate of drug-likeness (QED) is 0.822. The van der Waals surface area contributed by atoms with Gasteiger partial charge in [0.1, 0.15) is 0 Å². The van der Waals surface area contributed by atoms with E-state index in [9.17, 15) is 8.42 Å². The third kappa shape index (κ3) is 3.79. The van der Waals surface area contributed by atoms with Crippen LogP contribution in [0, 0.1) is 17.2 Å². The van der Waals surface area contributed by atoms with Gasteiger partial charge < -0.3 is 4.74 Å². The lowest BCUT2D eigenvalue weighted by Gasteiger charge is -2.20. The minimum atomic E-state index is -3.36. The second-order valence-electron chi connectivity index (χ2n) is 5.08. The molecule has 5 nitrogen and oxygen atoms in total. The molecule has 1 aromatic rings. The maximum atomic E-state index is 12.3. The highest BCUT2D eigenvalue weighted by Crippen LogP contribution is 2.17. The summed E-state index contributed by atoms with van der Waals surface area (Å²) in [6.45, 7) is 1.83. The van der Waals surface area contributed by atoms with Crippen molar-refractivity contribution in [2.24, 2.45) is 5.92 Å². The number of benzene rings is 1. The van der Waals surface area contributed by atoms with Gasteiger partial charge in [-0.1, -0.05) is 12.1 Å². The summed E-state index contributed by atoms with van der Waals surface area (Å²) in [7, 11) is -1.76. The summed E-state index contributed by atoms with van der Waals surface area (Å²) in [5.74, 6) is 0.201. The molecule has 1 saturated heterocycles. The average molecular weight is 294 g/mol. The zero-order valence-corrected chi connectivity index (χ0v) is 12.3. The molecule has 0 N–H and O–H groups in total. The summed E-state index contributed by atoms with van der Waals surface area (Å²) in [6, 6.07) is 8.72. The third-order valence-electron chi connectivity index (χ3n) is 3.42. The number of ether oxygens (including phenoxy) is 1. The van der Waals surface area contributed by atoms with Crippen LogP contribution in [0.3, 0.4) is 0 Å². The molecular weight excluding hydrogens is 276 g/mol. The molecule has 6 heteroatoms. The Morgan fingerprint density at radius 2 is 2.30 bits per heavy atom. The first kappa shape index (κ1) is 15.0. The number of rotatable bonds is 5. The molecule has 0 spiro atoms. The van der Waals surface area contributed by atoms with Gasteiger partial charge in [0.05, 0.1) is 24.0 Å². The van der Waals surface area contributed by atoms with Crippen LogP contribution in [-0.4, -0.2) is 39.5 Å². The van der Waals surface area contributed by atoms with Crippen LogP contribution in [0.25, 0.3) is 0 Å². The Balaban J connectivity index is 2.03. The molecule has 20 heavy (non-hydrogen) atoms. The van der Waals surface area contributed by atoms with Gasteiger partial charge in [0.25, 0.3) is 0 Å². The Hall–Kier alpha value is -1.42. The van der Waals surface area contributed by atoms with E-state index in [0.717, 1.165) is 6.42 Å². The smallest absolute Gasteiger partial charge is 0.218 e. The van der Waals surface area contributed by atoms with Gasteiger partial charge in [-0.25, -0.2) is 12.7 Å². The van der Waals surface area contributed by atoms with Crippen LogP contribution in [0.5, 0.6) is 0 Å². The molecule has 1 aliphatic rings. The predicted octanol–water partition coefficient (Wildman–Crippen LogP) is 1.36. The van der Waals surface area contributed by atoms with E-state index in [-0.39, 0.29) is 11.7 Å². The van der Waals surface area contributed by atoms with E-state index >= 15 is 0 Å². The fraction of sp³-hybridized carbons (Fsp3) is 0.500. The number of sulfonamides is 1. The lowest BCUT2D eigenvalue weighted by molar-refractivity contribution is 0.182. The van der Waals surface area contributed by atoms with Gasteiger partial charge in [0.2, 0.25) is 10.0 Å². The number of nitrogens with zero attached hydrogens (tertiary/aromatic N) is 2. The van der Waals surface area contributed by atoms with Gasteiger partial charge in [-0.3, -0.25) is 0 Å². The van der Waals surface area contributed by atoms with Crippen molar-refractivity contribution >= 4 is 10.0 Å². The minimum absolute atomic E-state index is 0.0768. The molecule has 1 aliphatic heterocycles. The Morgan fingerprint density at radius 3 is 2.95 bits per heavy atom. The fourth-order valence-corrected chi connectivity index (χ4v) is 3.52. The van der Waals surface area contributed by atoms with Crippen molar-refractivity contribution in [2.45, 2.75) is 12.2 Å². The summed E-state index contributed by atoms with van der Waals surface area (Å²) in [4.78, 5) is 0. The molecule has 0 unspecified atom stereocenters. The highest BCUT2D eigenvalue weighted by atomic mass is 32.2. The summed E-state index contributed by atoms with van der Waals surface area (Å²) < 4.78 is 31.2. The van der Waals surface area contributed by atoms with E-state index in [4.69, 9.17) is 10.00 Å². The Morgan fingerprint density at radius 1 is 1.50 bits per heavy atom. The van der Waals surface area contributed by atoms with Gasteiger partial charge >= 0.3 is 0 Å². The zero-order chi connectivity index (χ0) is 14.6. The predicted molar refractivity (Wildman–Crippen MR) is 75.3 cm³/mol. The van der Waals surface area contributed by atoms with Crippen LogP contribution in [0.4, 0.5) is 0 Å². The van der Waals surface area contributed by atoms with Gasteiger partial charge in [-0.05, 0) is 30.0 Å². The zero-order valence-electron chi connectivity index (χ0n) is 11.4. The summed E-state index contributed by atoms with van der Waals surface area (Å²) in [5.41, 5.74) is 1.11. The van der Waals surface area contributed by atoms with Gasteiger partial charge in [-0.2, -0.15) is 5.26 Å². The molecule has 2 rings (SSSR count). The highest BCUT2D eigenvalue weighted by Gasteiger charge is 2.24. The molecule has 0 amide bonds. The monoisotopic (exact) mass is 294 g/mol. The summed E-state index contributed by atoms with van der Waals surface area (Å²) >= 11 is 0. The number of hydrogen-bond donors (Lipinski definition) is 0. The average Bonchev–Trinajstić information content (AvgIpc) is 2.91. The summed E-state index contributed by atoms with van der Waals surface area (Å²) in [6.07, 6.45) is 0.907. The Labute approximate surface area is 119 Å². The number of hydrogen-bond acceptors (Lipinski definition) is 4. The fourth-order valence-electron chi connectivity index (χ4n) is 2.26.